The maximum atomic E-state index is 12.4. The van der Waals surface area contributed by atoms with Crippen LogP contribution in [0.5, 0.6) is 0 Å². The van der Waals surface area contributed by atoms with Crippen LogP contribution in [0.25, 0.3) is 0 Å². The third-order valence-electron chi connectivity index (χ3n) is 3.91. The second-order valence-corrected chi connectivity index (χ2v) is 6.74. The van der Waals surface area contributed by atoms with Crippen LogP contribution in [0.3, 0.4) is 0 Å². The van der Waals surface area contributed by atoms with Crippen molar-refractivity contribution in [2.45, 2.75) is 31.9 Å². The number of anilines is 1. The molecule has 1 unspecified atom stereocenters. The molecule has 0 saturated carbocycles. The van der Waals surface area contributed by atoms with Gasteiger partial charge in [0, 0.05) is 13.2 Å². The van der Waals surface area contributed by atoms with Crippen LogP contribution in [0.1, 0.15) is 52.1 Å². The van der Waals surface area contributed by atoms with Crippen LogP contribution in [-0.4, -0.2) is 34.7 Å². The number of hydrogen-bond donors (Lipinski definition) is 2. The summed E-state index contributed by atoms with van der Waals surface area (Å²) >= 11 is 1.32. The SMILES string of the molecule is N#CCCNC(=O)c1nn(C2CCCCO2)cc1NC(=O)c1cccs1. The highest BCUT2D eigenvalue weighted by Crippen LogP contribution is 2.25. The minimum absolute atomic E-state index is 0.113. The molecule has 0 radical (unpaired) electrons. The normalized spacial score (nSPS) is 16.7. The van der Waals surface area contributed by atoms with E-state index in [4.69, 9.17) is 10.00 Å². The lowest BCUT2D eigenvalue weighted by Crippen LogP contribution is -2.26. The molecule has 1 saturated heterocycles. The van der Waals surface area contributed by atoms with Gasteiger partial charge in [-0.1, -0.05) is 6.07 Å². The quantitative estimate of drug-likeness (QED) is 0.756. The van der Waals surface area contributed by atoms with Gasteiger partial charge < -0.3 is 15.4 Å². The maximum absolute atomic E-state index is 12.4. The summed E-state index contributed by atoms with van der Waals surface area (Å²) in [5, 5.41) is 20.1. The summed E-state index contributed by atoms with van der Waals surface area (Å²) in [5.41, 5.74) is 0.439. The van der Waals surface area contributed by atoms with Gasteiger partial charge in [0.1, 0.15) is 6.23 Å². The standard InChI is InChI=1S/C17H19N5O3S/c18-7-4-8-19-17(24)15-12(20-16(23)13-5-3-10-26-13)11-22(21-15)14-6-1-2-9-25-14/h3,5,10-11,14H,1-2,4,6,8-9H2,(H,19,24)(H,20,23). The maximum Gasteiger partial charge on any atom is 0.273 e. The first-order chi connectivity index (χ1) is 12.7. The van der Waals surface area contributed by atoms with Gasteiger partial charge in [-0.2, -0.15) is 10.4 Å². The van der Waals surface area contributed by atoms with Gasteiger partial charge in [0.05, 0.1) is 29.3 Å². The van der Waals surface area contributed by atoms with Crippen molar-refractivity contribution in [2.24, 2.45) is 0 Å². The summed E-state index contributed by atoms with van der Waals surface area (Å²) in [5.74, 6) is -0.730. The molecule has 136 valence electrons. The smallest absolute Gasteiger partial charge is 0.273 e. The van der Waals surface area contributed by atoms with Crippen molar-refractivity contribution in [3.63, 3.8) is 0 Å². The van der Waals surface area contributed by atoms with Crippen molar-refractivity contribution >= 4 is 28.8 Å². The van der Waals surface area contributed by atoms with Crippen LogP contribution in [0.15, 0.2) is 23.7 Å². The van der Waals surface area contributed by atoms with E-state index in [9.17, 15) is 9.59 Å². The van der Waals surface area contributed by atoms with Crippen LogP contribution < -0.4 is 10.6 Å². The summed E-state index contributed by atoms with van der Waals surface area (Å²) in [6.45, 7) is 0.867. The average Bonchev–Trinajstić information content (AvgIpc) is 3.33. The zero-order chi connectivity index (χ0) is 18.4. The molecule has 1 aliphatic heterocycles. The number of carbonyl (C=O) groups is 2. The first-order valence-electron chi connectivity index (χ1n) is 8.40. The Morgan fingerprint density at radius 3 is 3.00 bits per heavy atom. The monoisotopic (exact) mass is 373 g/mol. The number of nitrogens with zero attached hydrogens (tertiary/aromatic N) is 3. The van der Waals surface area contributed by atoms with Gasteiger partial charge in [0.2, 0.25) is 0 Å². The number of ether oxygens (including phenoxy) is 1. The molecule has 2 aromatic rings. The number of carbonyl (C=O) groups excluding carboxylic acids is 2. The number of rotatable bonds is 6. The molecule has 0 bridgehead atoms. The van der Waals surface area contributed by atoms with Crippen molar-refractivity contribution in [1.82, 2.24) is 15.1 Å². The highest BCUT2D eigenvalue weighted by Gasteiger charge is 2.24. The molecule has 1 aliphatic rings. The molecular formula is C17H19N5O3S. The molecule has 2 aromatic heterocycles. The largest absolute Gasteiger partial charge is 0.357 e. The Morgan fingerprint density at radius 2 is 2.31 bits per heavy atom. The average molecular weight is 373 g/mol. The fourth-order valence-corrected chi connectivity index (χ4v) is 3.26. The summed E-state index contributed by atoms with van der Waals surface area (Å²) in [6, 6.07) is 5.46. The summed E-state index contributed by atoms with van der Waals surface area (Å²) in [6.07, 6.45) is 4.40. The number of amides is 2. The zero-order valence-corrected chi connectivity index (χ0v) is 14.9. The number of nitrogens with one attached hydrogen (secondary N) is 2. The summed E-state index contributed by atoms with van der Waals surface area (Å²) < 4.78 is 7.29. The molecule has 3 heterocycles. The first-order valence-corrected chi connectivity index (χ1v) is 9.28. The Morgan fingerprint density at radius 1 is 1.42 bits per heavy atom. The van der Waals surface area contributed by atoms with Crippen molar-refractivity contribution in [3.8, 4) is 6.07 Å². The van der Waals surface area contributed by atoms with E-state index in [2.05, 4.69) is 15.7 Å². The Hall–Kier alpha value is -2.70. The Balaban J connectivity index is 1.81. The van der Waals surface area contributed by atoms with Crippen LogP contribution in [0.2, 0.25) is 0 Å². The van der Waals surface area contributed by atoms with E-state index in [0.29, 0.717) is 17.2 Å². The lowest BCUT2D eigenvalue weighted by atomic mass is 10.2. The molecule has 0 spiro atoms. The molecule has 1 atom stereocenters. The van der Waals surface area contributed by atoms with Crippen molar-refractivity contribution in [3.05, 3.63) is 34.3 Å². The lowest BCUT2D eigenvalue weighted by molar-refractivity contribution is -0.0395. The highest BCUT2D eigenvalue weighted by molar-refractivity contribution is 7.12. The summed E-state index contributed by atoms with van der Waals surface area (Å²) in [4.78, 5) is 25.3. The zero-order valence-electron chi connectivity index (χ0n) is 14.1. The van der Waals surface area contributed by atoms with Gasteiger partial charge in [0.15, 0.2) is 5.69 Å². The Kier molecular flexibility index (Phi) is 5.99. The third kappa shape index (κ3) is 4.28. The molecule has 2 N–H and O–H groups in total. The van der Waals surface area contributed by atoms with Gasteiger partial charge in [-0.25, -0.2) is 4.68 Å². The van der Waals surface area contributed by atoms with Gasteiger partial charge in [-0.05, 0) is 30.7 Å². The Labute approximate surface area is 154 Å². The first kappa shape index (κ1) is 18.1. The molecule has 0 aromatic carbocycles. The molecule has 9 heteroatoms. The van der Waals surface area contributed by atoms with E-state index in [1.807, 2.05) is 11.4 Å². The molecule has 1 fully saturated rings. The Bertz CT molecular complexity index is 803. The van der Waals surface area contributed by atoms with E-state index in [1.165, 1.54) is 11.3 Å². The van der Waals surface area contributed by atoms with Crippen molar-refractivity contribution in [2.75, 3.05) is 18.5 Å². The van der Waals surface area contributed by atoms with Gasteiger partial charge in [-0.15, -0.1) is 11.3 Å². The number of thiophene rings is 1. The minimum Gasteiger partial charge on any atom is -0.357 e. The number of nitriles is 1. The van der Waals surface area contributed by atoms with E-state index in [0.717, 1.165) is 19.3 Å². The third-order valence-corrected chi connectivity index (χ3v) is 4.78. The molecule has 8 nitrogen and oxygen atoms in total. The van der Waals surface area contributed by atoms with E-state index < -0.39 is 5.91 Å². The van der Waals surface area contributed by atoms with E-state index in [1.54, 1.807) is 23.0 Å². The van der Waals surface area contributed by atoms with Crippen LogP contribution >= 0.6 is 11.3 Å². The molecule has 2 amide bonds. The van der Waals surface area contributed by atoms with Crippen molar-refractivity contribution in [1.29, 1.82) is 5.26 Å². The second kappa shape index (κ2) is 8.60. The van der Waals surface area contributed by atoms with Gasteiger partial charge in [0.25, 0.3) is 11.8 Å². The fraction of sp³-hybridized carbons (Fsp3) is 0.412. The number of aromatic nitrogens is 2. The molecule has 0 aliphatic carbocycles. The number of hydrogen-bond acceptors (Lipinski definition) is 6. The van der Waals surface area contributed by atoms with Crippen LogP contribution in [0, 0.1) is 11.3 Å². The lowest BCUT2D eigenvalue weighted by Gasteiger charge is -2.22. The topological polar surface area (TPSA) is 109 Å². The van der Waals surface area contributed by atoms with Gasteiger partial charge >= 0.3 is 0 Å². The molecular weight excluding hydrogens is 354 g/mol. The van der Waals surface area contributed by atoms with E-state index >= 15 is 0 Å². The predicted molar refractivity (Wildman–Crippen MR) is 95.9 cm³/mol. The summed E-state index contributed by atoms with van der Waals surface area (Å²) in [7, 11) is 0. The van der Waals surface area contributed by atoms with Crippen molar-refractivity contribution < 1.29 is 14.3 Å². The minimum atomic E-state index is -0.434. The van der Waals surface area contributed by atoms with Crippen LogP contribution in [-0.2, 0) is 4.74 Å². The fourth-order valence-electron chi connectivity index (χ4n) is 2.64. The highest BCUT2D eigenvalue weighted by atomic mass is 32.1. The van der Waals surface area contributed by atoms with Crippen LogP contribution in [0.4, 0.5) is 5.69 Å². The van der Waals surface area contributed by atoms with E-state index in [-0.39, 0.29) is 30.8 Å². The van der Waals surface area contributed by atoms with Gasteiger partial charge in [-0.3, -0.25) is 9.59 Å². The molecule has 26 heavy (non-hydrogen) atoms. The molecule has 3 rings (SSSR count). The predicted octanol–water partition coefficient (Wildman–Crippen LogP) is 2.54. The second-order valence-electron chi connectivity index (χ2n) is 5.79.